The Morgan fingerprint density at radius 3 is 2.62 bits per heavy atom. The molecule has 0 unspecified atom stereocenters. The molecule has 1 aliphatic rings. The van der Waals surface area contributed by atoms with Crippen molar-refractivity contribution < 1.29 is 14.3 Å². The van der Waals surface area contributed by atoms with Crippen molar-refractivity contribution in [2.75, 3.05) is 31.6 Å². The molecule has 4 rings (SSSR count). The van der Waals surface area contributed by atoms with Crippen LogP contribution >= 0.6 is 11.6 Å². The van der Waals surface area contributed by atoms with Crippen molar-refractivity contribution in [2.24, 2.45) is 5.92 Å². The molecule has 7 heteroatoms. The van der Waals surface area contributed by atoms with Crippen molar-refractivity contribution in [1.29, 1.82) is 0 Å². The molecule has 1 saturated heterocycles. The first-order valence-electron chi connectivity index (χ1n) is 10.9. The van der Waals surface area contributed by atoms with E-state index in [2.05, 4.69) is 15.2 Å². The Morgan fingerprint density at radius 1 is 1.06 bits per heavy atom. The third kappa shape index (κ3) is 5.64. The molecule has 0 radical (unpaired) electrons. The van der Waals surface area contributed by atoms with Gasteiger partial charge in [-0.3, -0.25) is 15.1 Å². The number of rotatable bonds is 7. The quantitative estimate of drug-likeness (QED) is 0.383. The molecule has 3 aromatic rings. The highest BCUT2D eigenvalue weighted by atomic mass is 35.5. The number of likely N-dealkylation sites (tertiary alicyclic amines) is 1. The number of anilines is 1. The minimum atomic E-state index is -0.464. The second kappa shape index (κ2) is 10.6. The van der Waals surface area contributed by atoms with Crippen LogP contribution in [0, 0.1) is 5.92 Å². The van der Waals surface area contributed by atoms with Crippen LogP contribution in [0.1, 0.15) is 29.6 Å². The maximum atomic E-state index is 12.7. The summed E-state index contributed by atoms with van der Waals surface area (Å²) in [5, 5.41) is 4.32. The highest BCUT2D eigenvalue weighted by molar-refractivity contribution is 6.30. The number of halogens is 1. The Kier molecular flexibility index (Phi) is 7.35. The molecule has 0 bridgehead atoms. The summed E-state index contributed by atoms with van der Waals surface area (Å²) in [6, 6.07) is 16.5. The molecule has 32 heavy (non-hydrogen) atoms. The second-order valence-corrected chi connectivity index (χ2v) is 8.41. The first kappa shape index (κ1) is 22.2. The maximum absolute atomic E-state index is 12.7. The molecule has 1 aliphatic heterocycles. The number of nitrogens with one attached hydrogen (secondary N) is 1. The predicted octanol–water partition coefficient (Wildman–Crippen LogP) is 5.42. The number of pyridine rings is 1. The van der Waals surface area contributed by atoms with E-state index in [9.17, 15) is 9.59 Å². The van der Waals surface area contributed by atoms with Gasteiger partial charge >= 0.3 is 6.09 Å². The van der Waals surface area contributed by atoms with Crippen LogP contribution in [0.25, 0.3) is 10.9 Å². The zero-order valence-corrected chi connectivity index (χ0v) is 18.6. The summed E-state index contributed by atoms with van der Waals surface area (Å²) in [7, 11) is 0. The number of ether oxygens (including phenoxy) is 1. The Balaban J connectivity index is 1.16. The number of fused-ring (bicyclic) bond motifs is 1. The number of benzene rings is 2. The van der Waals surface area contributed by atoms with Crippen LogP contribution in [-0.4, -0.2) is 48.0 Å². The van der Waals surface area contributed by atoms with E-state index in [1.807, 2.05) is 30.3 Å². The lowest BCUT2D eigenvalue weighted by molar-refractivity contribution is 0.0830. The summed E-state index contributed by atoms with van der Waals surface area (Å²) >= 11 is 5.91. The molecule has 0 saturated carbocycles. The molecule has 2 aromatic carbocycles. The van der Waals surface area contributed by atoms with E-state index in [1.54, 1.807) is 30.5 Å². The van der Waals surface area contributed by atoms with Crippen LogP contribution in [0.5, 0.6) is 0 Å². The van der Waals surface area contributed by atoms with E-state index < -0.39 is 6.09 Å². The Bertz CT molecular complexity index is 1070. The maximum Gasteiger partial charge on any atom is 0.411 e. The minimum absolute atomic E-state index is 0.0599. The smallest absolute Gasteiger partial charge is 0.411 e. The number of Topliss-reactive ketones (excluding diaryl/α,β-unsaturated/α-hetero) is 1. The van der Waals surface area contributed by atoms with Crippen molar-refractivity contribution >= 4 is 40.1 Å². The number of hydrogen-bond donors (Lipinski definition) is 1. The van der Waals surface area contributed by atoms with Crippen molar-refractivity contribution in [2.45, 2.75) is 19.3 Å². The van der Waals surface area contributed by atoms with E-state index >= 15 is 0 Å². The molecule has 0 aliphatic carbocycles. The molecule has 0 spiro atoms. The molecule has 166 valence electrons. The molecular weight excluding hydrogens is 426 g/mol. The zero-order chi connectivity index (χ0) is 22.3. The highest BCUT2D eigenvalue weighted by Crippen LogP contribution is 2.23. The fourth-order valence-corrected chi connectivity index (χ4v) is 4.21. The van der Waals surface area contributed by atoms with Crippen molar-refractivity contribution in [1.82, 2.24) is 9.88 Å². The van der Waals surface area contributed by atoms with E-state index in [0.717, 1.165) is 55.4 Å². The van der Waals surface area contributed by atoms with E-state index in [0.29, 0.717) is 17.3 Å². The standard InChI is InChI=1S/C25H26ClN3O3/c26-20-9-7-18(8-10-20)24(30)19-11-15-29(16-12-19)14-3-17-32-25(31)28-23-6-1-5-22-21(23)4-2-13-27-22/h1-2,4-10,13,19H,3,11-12,14-17H2,(H,28,31). The van der Waals surface area contributed by atoms with Gasteiger partial charge in [-0.1, -0.05) is 17.7 Å². The van der Waals surface area contributed by atoms with Crippen molar-refractivity contribution in [3.63, 3.8) is 0 Å². The van der Waals surface area contributed by atoms with Crippen molar-refractivity contribution in [3.8, 4) is 0 Å². The van der Waals surface area contributed by atoms with E-state index in [-0.39, 0.29) is 11.7 Å². The van der Waals surface area contributed by atoms with Gasteiger partial charge in [0.15, 0.2) is 5.78 Å². The van der Waals surface area contributed by atoms with Gasteiger partial charge in [-0.2, -0.15) is 0 Å². The van der Waals surface area contributed by atoms with Gasteiger partial charge in [-0.05, 0) is 80.9 Å². The molecule has 1 amide bonds. The Labute approximate surface area is 192 Å². The molecule has 6 nitrogen and oxygen atoms in total. The molecule has 1 aromatic heterocycles. The van der Waals surface area contributed by atoms with Crippen molar-refractivity contribution in [3.05, 3.63) is 71.4 Å². The number of ketones is 1. The minimum Gasteiger partial charge on any atom is -0.449 e. The first-order chi connectivity index (χ1) is 15.6. The Morgan fingerprint density at radius 2 is 1.84 bits per heavy atom. The lowest BCUT2D eigenvalue weighted by atomic mass is 9.89. The van der Waals surface area contributed by atoms with Crippen LogP contribution in [0.3, 0.4) is 0 Å². The third-order valence-corrected chi connectivity index (χ3v) is 6.07. The van der Waals surface area contributed by atoms with Gasteiger partial charge in [0.2, 0.25) is 0 Å². The Hall–Kier alpha value is -2.96. The summed E-state index contributed by atoms with van der Waals surface area (Å²) in [4.78, 5) is 31.4. The summed E-state index contributed by atoms with van der Waals surface area (Å²) in [5.41, 5.74) is 2.24. The van der Waals surface area contributed by atoms with Gasteiger partial charge in [-0.15, -0.1) is 0 Å². The topological polar surface area (TPSA) is 71.5 Å². The largest absolute Gasteiger partial charge is 0.449 e. The van der Waals surface area contributed by atoms with Crippen LogP contribution in [0.4, 0.5) is 10.5 Å². The van der Waals surface area contributed by atoms with Gasteiger partial charge in [0.05, 0.1) is 17.8 Å². The lowest BCUT2D eigenvalue weighted by Gasteiger charge is -2.31. The number of carbonyl (C=O) groups is 2. The first-order valence-corrected chi connectivity index (χ1v) is 11.3. The van der Waals surface area contributed by atoms with Crippen LogP contribution < -0.4 is 5.32 Å². The predicted molar refractivity (Wildman–Crippen MR) is 126 cm³/mol. The van der Waals surface area contributed by atoms with E-state index in [1.165, 1.54) is 0 Å². The summed E-state index contributed by atoms with van der Waals surface area (Å²) < 4.78 is 5.35. The van der Waals surface area contributed by atoms with E-state index in [4.69, 9.17) is 16.3 Å². The number of aromatic nitrogens is 1. The highest BCUT2D eigenvalue weighted by Gasteiger charge is 2.25. The van der Waals surface area contributed by atoms with Crippen LogP contribution in [0.15, 0.2) is 60.8 Å². The summed E-state index contributed by atoms with van der Waals surface area (Å²) in [6.45, 7) is 2.93. The monoisotopic (exact) mass is 451 g/mol. The number of nitrogens with zero attached hydrogens (tertiary/aromatic N) is 2. The van der Waals surface area contributed by atoms with Gasteiger partial charge in [0.1, 0.15) is 0 Å². The average molecular weight is 452 g/mol. The van der Waals surface area contributed by atoms with Gasteiger partial charge in [0.25, 0.3) is 0 Å². The number of amides is 1. The van der Waals surface area contributed by atoms with Crippen LogP contribution in [-0.2, 0) is 4.74 Å². The van der Waals surface area contributed by atoms with Crippen LogP contribution in [0.2, 0.25) is 5.02 Å². The number of carbonyl (C=O) groups excluding carboxylic acids is 2. The molecule has 0 atom stereocenters. The fourth-order valence-electron chi connectivity index (χ4n) is 4.08. The average Bonchev–Trinajstić information content (AvgIpc) is 2.82. The summed E-state index contributed by atoms with van der Waals surface area (Å²) in [6.07, 6.45) is 3.70. The van der Waals surface area contributed by atoms with Gasteiger partial charge < -0.3 is 9.64 Å². The third-order valence-electron chi connectivity index (χ3n) is 5.82. The zero-order valence-electron chi connectivity index (χ0n) is 17.8. The molecular formula is C25H26ClN3O3. The molecule has 2 heterocycles. The summed E-state index contributed by atoms with van der Waals surface area (Å²) in [5.74, 6) is 0.259. The SMILES string of the molecule is O=C(Nc1cccc2ncccc12)OCCCN1CCC(C(=O)c2ccc(Cl)cc2)CC1. The molecule has 1 fully saturated rings. The fraction of sp³-hybridized carbons (Fsp3) is 0.320. The second-order valence-electron chi connectivity index (χ2n) is 7.98. The molecule has 1 N–H and O–H groups in total. The number of hydrogen-bond acceptors (Lipinski definition) is 5. The van der Waals surface area contributed by atoms with Gasteiger partial charge in [-0.25, -0.2) is 4.79 Å². The normalized spacial score (nSPS) is 14.9. The number of piperidine rings is 1. The van der Waals surface area contributed by atoms with Gasteiger partial charge in [0, 0.05) is 34.6 Å². The lowest BCUT2D eigenvalue weighted by Crippen LogP contribution is -2.37.